The molecule has 7 nitrogen and oxygen atoms in total. The van der Waals surface area contributed by atoms with Crippen LogP contribution >= 0.6 is 11.6 Å². The van der Waals surface area contributed by atoms with Crippen LogP contribution in [0.3, 0.4) is 0 Å². The number of nitrogens with zero attached hydrogens (tertiary/aromatic N) is 6. The molecule has 5 rings (SSSR count). The highest BCUT2D eigenvalue weighted by Gasteiger charge is 2.30. The lowest BCUT2D eigenvalue weighted by molar-refractivity contribution is -0.128. The Balaban J connectivity index is 1.71. The summed E-state index contributed by atoms with van der Waals surface area (Å²) < 4.78 is 18.0. The molecule has 2 aromatic heterocycles. The number of aryl methyl sites for hydroxylation is 2. The van der Waals surface area contributed by atoms with Gasteiger partial charge in [0.05, 0.1) is 28.0 Å². The fourth-order valence-electron chi connectivity index (χ4n) is 5.19. The second kappa shape index (κ2) is 8.92. The summed E-state index contributed by atoms with van der Waals surface area (Å²) in [5.41, 5.74) is 3.59. The van der Waals surface area contributed by atoms with E-state index in [1.807, 2.05) is 37.9 Å². The Kier molecular flexibility index (Phi) is 5.89. The van der Waals surface area contributed by atoms with Crippen LogP contribution in [-0.2, 0) is 11.8 Å². The highest BCUT2D eigenvalue weighted by atomic mass is 35.5. The number of aromatic nitrogens is 3. The summed E-state index contributed by atoms with van der Waals surface area (Å²) in [7, 11) is 1.81. The van der Waals surface area contributed by atoms with Crippen molar-refractivity contribution in [1.29, 1.82) is 5.26 Å². The number of benzene rings is 2. The molecule has 182 valence electrons. The molecule has 3 heterocycles. The number of amides is 1. The monoisotopic (exact) mass is 502 g/mol. The van der Waals surface area contributed by atoms with Crippen LogP contribution in [0.5, 0.6) is 0 Å². The summed E-state index contributed by atoms with van der Waals surface area (Å²) in [6.45, 7) is 8.83. The Labute approximate surface area is 213 Å². The second-order valence-corrected chi connectivity index (χ2v) is 9.48. The maximum Gasteiger partial charge on any atom is 0.246 e. The van der Waals surface area contributed by atoms with Crippen LogP contribution < -0.4 is 4.90 Å². The summed E-state index contributed by atoms with van der Waals surface area (Å²) in [6, 6.07) is 7.63. The van der Waals surface area contributed by atoms with Crippen molar-refractivity contribution in [3.05, 3.63) is 65.2 Å². The van der Waals surface area contributed by atoms with Crippen LogP contribution in [0.25, 0.3) is 32.9 Å². The lowest BCUT2D eigenvalue weighted by Crippen LogP contribution is -2.53. The minimum atomic E-state index is -0.548. The Morgan fingerprint density at radius 3 is 2.78 bits per heavy atom. The highest BCUT2D eigenvalue weighted by molar-refractivity contribution is 6.35. The van der Waals surface area contributed by atoms with Crippen LogP contribution in [0.15, 0.2) is 43.2 Å². The molecule has 1 fully saturated rings. The minimum absolute atomic E-state index is 0.122. The Morgan fingerprint density at radius 1 is 1.31 bits per heavy atom. The largest absolute Gasteiger partial charge is 0.366 e. The molecular formula is C27H24ClFN6O. The summed E-state index contributed by atoms with van der Waals surface area (Å²) in [5, 5.41) is 15.8. The lowest BCUT2D eigenvalue weighted by atomic mass is 9.95. The van der Waals surface area contributed by atoms with Crippen LogP contribution in [0, 0.1) is 24.1 Å². The van der Waals surface area contributed by atoms with Gasteiger partial charge in [-0.3, -0.25) is 14.5 Å². The molecule has 4 aromatic rings. The van der Waals surface area contributed by atoms with Crippen molar-refractivity contribution in [2.24, 2.45) is 7.05 Å². The fourth-order valence-corrected chi connectivity index (χ4v) is 5.48. The van der Waals surface area contributed by atoms with E-state index in [1.165, 1.54) is 12.3 Å². The maximum absolute atomic E-state index is 16.3. The normalized spacial score (nSPS) is 15.9. The first-order valence-corrected chi connectivity index (χ1v) is 11.9. The lowest BCUT2D eigenvalue weighted by Gasteiger charge is -2.41. The number of halogens is 2. The third-order valence-electron chi connectivity index (χ3n) is 6.91. The Morgan fingerprint density at radius 2 is 2.08 bits per heavy atom. The number of nitriles is 1. The van der Waals surface area contributed by atoms with Gasteiger partial charge in [-0.05, 0) is 31.6 Å². The average Bonchev–Trinajstić information content (AvgIpc) is 3.24. The SMILES string of the molecule is C=CC(=O)N1CCN(c2c(C#N)cnc3c(F)c(-c4c(C)ccc5cnn(C)c45)c(Cl)cc23)C[C@H]1C. The first-order chi connectivity index (χ1) is 17.3. The molecule has 0 unspecified atom stereocenters. The third kappa shape index (κ3) is 3.59. The van der Waals surface area contributed by atoms with Crippen LogP contribution in [0.1, 0.15) is 18.1 Å². The van der Waals surface area contributed by atoms with E-state index >= 15 is 4.39 Å². The number of carbonyl (C=O) groups is 1. The predicted octanol–water partition coefficient (Wildman–Crippen LogP) is 4.98. The van der Waals surface area contributed by atoms with Crippen molar-refractivity contribution in [2.45, 2.75) is 19.9 Å². The molecule has 36 heavy (non-hydrogen) atoms. The molecule has 1 atom stereocenters. The summed E-state index contributed by atoms with van der Waals surface area (Å²) in [6.07, 6.45) is 4.44. The molecule has 0 saturated carbocycles. The third-order valence-corrected chi connectivity index (χ3v) is 7.21. The highest BCUT2D eigenvalue weighted by Crippen LogP contribution is 2.43. The number of carbonyl (C=O) groups excluding carboxylic acids is 1. The number of anilines is 1. The van der Waals surface area contributed by atoms with E-state index < -0.39 is 5.82 Å². The van der Waals surface area contributed by atoms with Crippen molar-refractivity contribution in [1.82, 2.24) is 19.7 Å². The van der Waals surface area contributed by atoms with Gasteiger partial charge in [-0.25, -0.2) is 4.39 Å². The van der Waals surface area contributed by atoms with Gasteiger partial charge in [0.15, 0.2) is 5.82 Å². The molecule has 0 N–H and O–H groups in total. The van der Waals surface area contributed by atoms with Crippen molar-refractivity contribution in [2.75, 3.05) is 24.5 Å². The Hall–Kier alpha value is -3.96. The van der Waals surface area contributed by atoms with E-state index in [9.17, 15) is 10.1 Å². The fraction of sp³-hybridized carbons (Fsp3) is 0.259. The van der Waals surface area contributed by atoms with Crippen LogP contribution in [-0.4, -0.2) is 51.2 Å². The van der Waals surface area contributed by atoms with E-state index in [4.69, 9.17) is 11.6 Å². The van der Waals surface area contributed by atoms with Crippen LogP contribution in [0.4, 0.5) is 10.1 Å². The smallest absolute Gasteiger partial charge is 0.246 e. The first-order valence-electron chi connectivity index (χ1n) is 11.6. The van der Waals surface area contributed by atoms with Crippen molar-refractivity contribution in [3.63, 3.8) is 0 Å². The number of hydrogen-bond acceptors (Lipinski definition) is 5. The summed E-state index contributed by atoms with van der Waals surface area (Å²) in [4.78, 5) is 20.3. The van der Waals surface area contributed by atoms with E-state index in [1.54, 1.807) is 21.8 Å². The molecule has 1 aliphatic rings. The maximum atomic E-state index is 16.3. The summed E-state index contributed by atoms with van der Waals surface area (Å²) >= 11 is 6.79. The molecule has 0 spiro atoms. The average molecular weight is 503 g/mol. The number of pyridine rings is 1. The van der Waals surface area contributed by atoms with E-state index in [0.717, 1.165) is 16.5 Å². The van der Waals surface area contributed by atoms with Gasteiger partial charge in [0.25, 0.3) is 0 Å². The van der Waals surface area contributed by atoms with Gasteiger partial charge >= 0.3 is 0 Å². The molecule has 1 saturated heterocycles. The molecule has 0 bridgehead atoms. The topological polar surface area (TPSA) is 78.1 Å². The van der Waals surface area contributed by atoms with Gasteiger partial charge in [0, 0.05) is 60.8 Å². The van der Waals surface area contributed by atoms with Crippen molar-refractivity contribution in [3.8, 4) is 17.2 Å². The summed E-state index contributed by atoms with van der Waals surface area (Å²) in [5.74, 6) is -0.686. The molecule has 2 aromatic carbocycles. The zero-order valence-corrected chi connectivity index (χ0v) is 21.0. The quantitative estimate of drug-likeness (QED) is 0.369. The first kappa shape index (κ1) is 23.8. The number of rotatable bonds is 3. The zero-order valence-electron chi connectivity index (χ0n) is 20.2. The molecule has 9 heteroatoms. The molecule has 1 amide bonds. The van der Waals surface area contributed by atoms with Gasteiger partial charge in [-0.15, -0.1) is 0 Å². The van der Waals surface area contributed by atoms with Crippen molar-refractivity contribution < 1.29 is 9.18 Å². The van der Waals surface area contributed by atoms with Crippen molar-refractivity contribution >= 4 is 45.0 Å². The standard InChI is InChI=1S/C27H24ClFN6O/c1-5-21(36)35-9-8-34(14-16(35)3)26-18(11-30)12-31-25-19(26)10-20(28)23(24(25)29)22-15(2)6-7-17-13-32-33(4)27(17)22/h5-7,10,12-13,16H,1,8-9,14H2,2-4H3/t16-/m1/s1. The molecule has 0 radical (unpaired) electrons. The van der Waals surface area contributed by atoms with Crippen LogP contribution in [0.2, 0.25) is 5.02 Å². The van der Waals surface area contributed by atoms with Gasteiger partial charge in [-0.1, -0.05) is 30.3 Å². The molecule has 0 aliphatic carbocycles. The van der Waals surface area contributed by atoms with Gasteiger partial charge < -0.3 is 9.80 Å². The number of fused-ring (bicyclic) bond motifs is 2. The van der Waals surface area contributed by atoms with E-state index in [2.05, 4.69) is 22.7 Å². The predicted molar refractivity (Wildman–Crippen MR) is 139 cm³/mol. The van der Waals surface area contributed by atoms with E-state index in [-0.39, 0.29) is 28.1 Å². The minimum Gasteiger partial charge on any atom is -0.366 e. The van der Waals surface area contributed by atoms with Gasteiger partial charge in [0.2, 0.25) is 5.91 Å². The number of piperazine rings is 1. The molecular weight excluding hydrogens is 479 g/mol. The second-order valence-electron chi connectivity index (χ2n) is 9.07. The molecule has 1 aliphatic heterocycles. The number of hydrogen-bond donors (Lipinski definition) is 0. The van der Waals surface area contributed by atoms with E-state index in [0.29, 0.717) is 41.8 Å². The zero-order chi connectivity index (χ0) is 25.7. The van der Waals surface area contributed by atoms with Gasteiger partial charge in [0.1, 0.15) is 11.6 Å². The Bertz CT molecular complexity index is 1600. The van der Waals surface area contributed by atoms with Gasteiger partial charge in [-0.2, -0.15) is 10.4 Å².